The SMILES string of the molecule is CCC(=O)N(CC)CCOc1cc(O)c(C(C)=O)c(/C=C/CCO)c1. The number of ether oxygens (including phenoxy) is 1. The van der Waals surface area contributed by atoms with Crippen molar-refractivity contribution >= 4 is 17.8 Å². The lowest BCUT2D eigenvalue weighted by Crippen LogP contribution is -2.33. The highest BCUT2D eigenvalue weighted by Crippen LogP contribution is 2.29. The van der Waals surface area contributed by atoms with Gasteiger partial charge in [-0.3, -0.25) is 9.59 Å². The summed E-state index contributed by atoms with van der Waals surface area (Å²) < 4.78 is 5.65. The van der Waals surface area contributed by atoms with Crippen molar-refractivity contribution in [1.29, 1.82) is 0 Å². The second-order valence-electron chi connectivity index (χ2n) is 5.55. The number of aliphatic hydroxyl groups excluding tert-OH is 1. The maximum absolute atomic E-state index is 11.8. The minimum atomic E-state index is -0.251. The lowest BCUT2D eigenvalue weighted by atomic mass is 10.0. The number of likely N-dealkylation sites (N-methyl/N-ethyl adjacent to an activating group) is 1. The molecule has 0 atom stereocenters. The Morgan fingerprint density at radius 1 is 1.28 bits per heavy atom. The van der Waals surface area contributed by atoms with Crippen molar-refractivity contribution in [3.8, 4) is 11.5 Å². The Labute approximate surface area is 148 Å². The number of amides is 1. The Hall–Kier alpha value is -2.34. The molecule has 0 unspecified atom stereocenters. The Bertz CT molecular complexity index is 624. The van der Waals surface area contributed by atoms with Gasteiger partial charge in [-0.2, -0.15) is 0 Å². The van der Waals surface area contributed by atoms with Gasteiger partial charge >= 0.3 is 0 Å². The van der Waals surface area contributed by atoms with Crippen LogP contribution in [0.1, 0.15) is 49.5 Å². The molecular weight excluding hydrogens is 322 g/mol. The first-order valence-corrected chi connectivity index (χ1v) is 8.50. The van der Waals surface area contributed by atoms with Crippen LogP contribution in [0.15, 0.2) is 18.2 Å². The molecule has 0 radical (unpaired) electrons. The minimum Gasteiger partial charge on any atom is -0.507 e. The normalized spacial score (nSPS) is 10.9. The number of hydrogen-bond donors (Lipinski definition) is 2. The van der Waals surface area contributed by atoms with Crippen molar-refractivity contribution < 1.29 is 24.5 Å². The highest BCUT2D eigenvalue weighted by atomic mass is 16.5. The molecule has 1 aromatic carbocycles. The largest absolute Gasteiger partial charge is 0.507 e. The third-order valence-corrected chi connectivity index (χ3v) is 3.73. The molecule has 0 aliphatic heterocycles. The molecular formula is C19H27NO5. The summed E-state index contributed by atoms with van der Waals surface area (Å²) in [5.74, 6) is 0.0867. The first kappa shape index (κ1) is 20.7. The van der Waals surface area contributed by atoms with Crippen LogP contribution in [0.25, 0.3) is 6.08 Å². The predicted molar refractivity (Wildman–Crippen MR) is 96.9 cm³/mol. The summed E-state index contributed by atoms with van der Waals surface area (Å²) >= 11 is 0. The molecule has 6 heteroatoms. The molecule has 138 valence electrons. The fourth-order valence-electron chi connectivity index (χ4n) is 2.46. The van der Waals surface area contributed by atoms with Crippen LogP contribution in [0.4, 0.5) is 0 Å². The van der Waals surface area contributed by atoms with Crippen LogP contribution in [-0.2, 0) is 4.79 Å². The third kappa shape index (κ3) is 6.23. The Kier molecular flexibility index (Phi) is 8.70. The van der Waals surface area contributed by atoms with Crippen molar-refractivity contribution in [2.75, 3.05) is 26.3 Å². The van der Waals surface area contributed by atoms with E-state index in [1.165, 1.54) is 13.0 Å². The number of ketones is 1. The number of hydrogen-bond acceptors (Lipinski definition) is 5. The summed E-state index contributed by atoms with van der Waals surface area (Å²) in [5, 5.41) is 19.0. The average Bonchev–Trinajstić information content (AvgIpc) is 2.57. The van der Waals surface area contributed by atoms with Crippen LogP contribution in [0.5, 0.6) is 11.5 Å². The number of carbonyl (C=O) groups excluding carboxylic acids is 2. The standard InChI is InChI=1S/C19H27NO5/c1-4-18(24)20(5-2)9-11-25-16-12-15(8-6-7-10-21)19(14(3)22)17(23)13-16/h6,8,12-13,21,23H,4-5,7,9-11H2,1-3H3/b8-6+. The van der Waals surface area contributed by atoms with Gasteiger partial charge in [0.05, 0.1) is 12.1 Å². The highest BCUT2D eigenvalue weighted by Gasteiger charge is 2.14. The number of phenols is 1. The number of benzene rings is 1. The van der Waals surface area contributed by atoms with E-state index in [1.807, 2.05) is 13.8 Å². The van der Waals surface area contributed by atoms with E-state index in [9.17, 15) is 14.7 Å². The van der Waals surface area contributed by atoms with Crippen molar-refractivity contribution in [2.45, 2.75) is 33.6 Å². The lowest BCUT2D eigenvalue weighted by Gasteiger charge is -2.20. The molecule has 0 saturated heterocycles. The molecule has 0 heterocycles. The molecule has 1 aromatic rings. The number of aliphatic hydroxyl groups is 1. The fourth-order valence-corrected chi connectivity index (χ4v) is 2.46. The number of nitrogens with zero attached hydrogens (tertiary/aromatic N) is 1. The van der Waals surface area contributed by atoms with Gasteiger partial charge in [0.15, 0.2) is 5.78 Å². The zero-order valence-electron chi connectivity index (χ0n) is 15.1. The van der Waals surface area contributed by atoms with Gasteiger partial charge in [-0.05, 0) is 31.9 Å². The molecule has 1 amide bonds. The maximum atomic E-state index is 11.8. The highest BCUT2D eigenvalue weighted by molar-refractivity contribution is 6.00. The van der Waals surface area contributed by atoms with E-state index in [-0.39, 0.29) is 36.2 Å². The second-order valence-corrected chi connectivity index (χ2v) is 5.55. The van der Waals surface area contributed by atoms with Crippen LogP contribution >= 0.6 is 0 Å². The minimum absolute atomic E-state index is 0.00634. The van der Waals surface area contributed by atoms with Gasteiger partial charge in [-0.25, -0.2) is 0 Å². The first-order chi connectivity index (χ1) is 11.9. The molecule has 0 fully saturated rings. The zero-order valence-corrected chi connectivity index (χ0v) is 15.1. The second kappa shape index (κ2) is 10.5. The molecule has 0 aliphatic carbocycles. The van der Waals surface area contributed by atoms with E-state index in [2.05, 4.69) is 0 Å². The molecule has 25 heavy (non-hydrogen) atoms. The van der Waals surface area contributed by atoms with Gasteiger partial charge in [0, 0.05) is 25.6 Å². The topological polar surface area (TPSA) is 87.1 Å². The van der Waals surface area contributed by atoms with Crippen molar-refractivity contribution in [1.82, 2.24) is 4.90 Å². The van der Waals surface area contributed by atoms with Crippen LogP contribution < -0.4 is 4.74 Å². The van der Waals surface area contributed by atoms with Gasteiger partial charge in [-0.15, -0.1) is 0 Å². The van der Waals surface area contributed by atoms with Crippen molar-refractivity contribution in [2.24, 2.45) is 0 Å². The van der Waals surface area contributed by atoms with Crippen LogP contribution in [-0.4, -0.2) is 53.1 Å². The summed E-state index contributed by atoms with van der Waals surface area (Å²) in [6, 6.07) is 3.07. The fraction of sp³-hybridized carbons (Fsp3) is 0.474. The van der Waals surface area contributed by atoms with Gasteiger partial charge < -0.3 is 19.8 Å². The van der Waals surface area contributed by atoms with E-state index < -0.39 is 0 Å². The Morgan fingerprint density at radius 3 is 2.56 bits per heavy atom. The quantitative estimate of drug-likeness (QED) is 0.634. The van der Waals surface area contributed by atoms with Crippen LogP contribution in [0.3, 0.4) is 0 Å². The number of rotatable bonds is 10. The summed E-state index contributed by atoms with van der Waals surface area (Å²) in [7, 11) is 0. The monoisotopic (exact) mass is 349 g/mol. The molecule has 0 spiro atoms. The molecule has 6 nitrogen and oxygen atoms in total. The maximum Gasteiger partial charge on any atom is 0.222 e. The number of aromatic hydroxyl groups is 1. The summed E-state index contributed by atoms with van der Waals surface area (Å²) in [6.07, 6.45) is 4.30. The van der Waals surface area contributed by atoms with Gasteiger partial charge in [0.25, 0.3) is 0 Å². The van der Waals surface area contributed by atoms with Crippen molar-refractivity contribution in [3.05, 3.63) is 29.3 Å². The predicted octanol–water partition coefficient (Wildman–Crippen LogP) is 2.63. The van der Waals surface area contributed by atoms with E-state index in [4.69, 9.17) is 9.84 Å². The number of phenolic OH excluding ortho intramolecular Hbond substituents is 1. The van der Waals surface area contributed by atoms with E-state index in [0.29, 0.717) is 37.2 Å². The third-order valence-electron chi connectivity index (χ3n) is 3.73. The van der Waals surface area contributed by atoms with Crippen LogP contribution in [0, 0.1) is 0 Å². The molecule has 0 aliphatic rings. The smallest absolute Gasteiger partial charge is 0.222 e. The average molecular weight is 349 g/mol. The first-order valence-electron chi connectivity index (χ1n) is 8.50. The number of Topliss-reactive ketones (excluding diaryl/α,β-unsaturated/α-hetero) is 1. The Morgan fingerprint density at radius 2 is 2.00 bits per heavy atom. The molecule has 0 saturated carbocycles. The van der Waals surface area contributed by atoms with Gasteiger partial charge in [-0.1, -0.05) is 19.1 Å². The van der Waals surface area contributed by atoms with E-state index >= 15 is 0 Å². The summed E-state index contributed by atoms with van der Waals surface area (Å²) in [6.45, 7) is 6.47. The van der Waals surface area contributed by atoms with Crippen LogP contribution in [0.2, 0.25) is 0 Å². The summed E-state index contributed by atoms with van der Waals surface area (Å²) in [4.78, 5) is 25.2. The molecule has 0 aromatic heterocycles. The zero-order chi connectivity index (χ0) is 18.8. The van der Waals surface area contributed by atoms with E-state index in [1.54, 1.807) is 23.1 Å². The Balaban J connectivity index is 2.90. The molecule has 2 N–H and O–H groups in total. The lowest BCUT2D eigenvalue weighted by molar-refractivity contribution is -0.131. The summed E-state index contributed by atoms with van der Waals surface area (Å²) in [5.41, 5.74) is 0.755. The van der Waals surface area contributed by atoms with Gasteiger partial charge in [0.1, 0.15) is 18.1 Å². The molecule has 1 rings (SSSR count). The number of carbonyl (C=O) groups is 2. The molecule has 0 bridgehead atoms. The van der Waals surface area contributed by atoms with Crippen molar-refractivity contribution in [3.63, 3.8) is 0 Å². The van der Waals surface area contributed by atoms with Gasteiger partial charge in [0.2, 0.25) is 5.91 Å². The van der Waals surface area contributed by atoms with E-state index in [0.717, 1.165) is 0 Å².